The van der Waals surface area contributed by atoms with Crippen molar-refractivity contribution in [2.75, 3.05) is 13.2 Å². The number of pyridine rings is 1. The van der Waals surface area contributed by atoms with Gasteiger partial charge in [0.05, 0.1) is 11.3 Å². The molecule has 0 saturated heterocycles. The summed E-state index contributed by atoms with van der Waals surface area (Å²) in [5, 5.41) is 17.9. The topological polar surface area (TPSA) is 77.2 Å². The molecule has 1 saturated carbocycles. The number of carbonyl (C=O) groups is 1. The smallest absolute Gasteiger partial charge is 0.272 e. The number of amides is 1. The van der Waals surface area contributed by atoms with Crippen LogP contribution >= 0.6 is 0 Å². The van der Waals surface area contributed by atoms with Gasteiger partial charge in [-0.1, -0.05) is 0 Å². The normalized spacial score (nSPS) is 14.4. The Bertz CT molecular complexity index is 532. The number of aliphatic hydroxyl groups excluding tert-OH is 1. The summed E-state index contributed by atoms with van der Waals surface area (Å²) >= 11 is 0. The lowest BCUT2D eigenvalue weighted by atomic mass is 9.91. The minimum absolute atomic E-state index is 0.0797. The number of aliphatic hydroxyl groups is 1. The number of hydrogen-bond donors (Lipinski definition) is 1. The molecule has 2 rings (SSSR count). The Labute approximate surface area is 118 Å². The second kappa shape index (κ2) is 6.49. The summed E-state index contributed by atoms with van der Waals surface area (Å²) in [7, 11) is 0. The zero-order valence-electron chi connectivity index (χ0n) is 11.7. The molecule has 0 bridgehead atoms. The van der Waals surface area contributed by atoms with Gasteiger partial charge < -0.3 is 10.0 Å². The van der Waals surface area contributed by atoms with Gasteiger partial charge in [-0.2, -0.15) is 5.26 Å². The Balaban J connectivity index is 2.18. The molecule has 0 atom stereocenters. The fourth-order valence-corrected chi connectivity index (χ4v) is 2.33. The highest BCUT2D eigenvalue weighted by atomic mass is 16.3. The van der Waals surface area contributed by atoms with Gasteiger partial charge in [0.15, 0.2) is 0 Å². The molecule has 5 nitrogen and oxygen atoms in total. The Morgan fingerprint density at radius 3 is 2.80 bits per heavy atom. The van der Waals surface area contributed by atoms with Crippen molar-refractivity contribution in [3.63, 3.8) is 0 Å². The molecule has 5 heteroatoms. The number of rotatable bonds is 5. The summed E-state index contributed by atoms with van der Waals surface area (Å²) in [6.07, 6.45) is 3.77. The Hall–Kier alpha value is -1.93. The fourth-order valence-electron chi connectivity index (χ4n) is 2.33. The van der Waals surface area contributed by atoms with Gasteiger partial charge in [0, 0.05) is 19.2 Å². The molecule has 0 aromatic carbocycles. The molecule has 106 valence electrons. The molecule has 1 N–H and O–H groups in total. The summed E-state index contributed by atoms with van der Waals surface area (Å²) in [6, 6.07) is 5.57. The minimum atomic E-state index is -0.101. The van der Waals surface area contributed by atoms with Crippen molar-refractivity contribution in [2.45, 2.75) is 38.6 Å². The van der Waals surface area contributed by atoms with Crippen LogP contribution in [-0.4, -0.2) is 40.1 Å². The first-order valence-corrected chi connectivity index (χ1v) is 6.97. The van der Waals surface area contributed by atoms with Gasteiger partial charge in [0.1, 0.15) is 11.8 Å². The van der Waals surface area contributed by atoms with Crippen LogP contribution in [0.4, 0.5) is 0 Å². The van der Waals surface area contributed by atoms with E-state index < -0.39 is 0 Å². The molecule has 0 spiro atoms. The van der Waals surface area contributed by atoms with E-state index in [0.29, 0.717) is 29.9 Å². The first-order valence-electron chi connectivity index (χ1n) is 6.97. The van der Waals surface area contributed by atoms with Crippen LogP contribution < -0.4 is 0 Å². The standard InChI is InChI=1S/C15H19N3O2/c1-11-12(10-16)6-7-14(17-11)15(20)18(8-3-9-19)13-4-2-5-13/h6-7,13,19H,2-5,8-9H2,1H3. The van der Waals surface area contributed by atoms with E-state index in [4.69, 9.17) is 10.4 Å². The van der Waals surface area contributed by atoms with Crippen molar-refractivity contribution in [1.29, 1.82) is 5.26 Å². The van der Waals surface area contributed by atoms with E-state index in [0.717, 1.165) is 19.3 Å². The van der Waals surface area contributed by atoms with E-state index in [9.17, 15) is 4.79 Å². The Morgan fingerprint density at radius 1 is 1.55 bits per heavy atom. The lowest BCUT2D eigenvalue weighted by molar-refractivity contribution is 0.0556. The number of nitriles is 1. The summed E-state index contributed by atoms with van der Waals surface area (Å²) in [6.45, 7) is 2.37. The summed E-state index contributed by atoms with van der Waals surface area (Å²) in [5.41, 5.74) is 1.45. The summed E-state index contributed by atoms with van der Waals surface area (Å²) < 4.78 is 0. The third-order valence-electron chi connectivity index (χ3n) is 3.76. The van der Waals surface area contributed by atoms with Crippen molar-refractivity contribution in [1.82, 2.24) is 9.88 Å². The first-order chi connectivity index (χ1) is 9.67. The van der Waals surface area contributed by atoms with Gasteiger partial charge in [-0.3, -0.25) is 4.79 Å². The lowest BCUT2D eigenvalue weighted by Gasteiger charge is -2.37. The molecular formula is C15H19N3O2. The molecule has 1 aromatic rings. The van der Waals surface area contributed by atoms with E-state index in [1.807, 2.05) is 11.0 Å². The number of hydrogen-bond acceptors (Lipinski definition) is 4. The zero-order chi connectivity index (χ0) is 14.5. The quantitative estimate of drug-likeness (QED) is 0.884. The number of aryl methyl sites for hydroxylation is 1. The maximum absolute atomic E-state index is 12.5. The van der Waals surface area contributed by atoms with Crippen LogP contribution in [0.5, 0.6) is 0 Å². The van der Waals surface area contributed by atoms with Crippen molar-refractivity contribution in [3.05, 3.63) is 29.1 Å². The SMILES string of the molecule is Cc1nc(C(=O)N(CCCO)C2CCC2)ccc1C#N. The summed E-state index contributed by atoms with van der Waals surface area (Å²) in [4.78, 5) is 18.6. The molecule has 0 radical (unpaired) electrons. The highest BCUT2D eigenvalue weighted by Gasteiger charge is 2.29. The molecule has 1 fully saturated rings. The molecule has 1 heterocycles. The first kappa shape index (κ1) is 14.5. The van der Waals surface area contributed by atoms with E-state index >= 15 is 0 Å². The van der Waals surface area contributed by atoms with Crippen molar-refractivity contribution in [2.24, 2.45) is 0 Å². The highest BCUT2D eigenvalue weighted by Crippen LogP contribution is 2.26. The van der Waals surface area contributed by atoms with Crippen LogP contribution in [-0.2, 0) is 0 Å². The lowest BCUT2D eigenvalue weighted by Crippen LogP contribution is -2.45. The van der Waals surface area contributed by atoms with Gasteiger partial charge in [-0.05, 0) is 44.7 Å². The predicted octanol–water partition coefficient (Wildman–Crippen LogP) is 1.64. The van der Waals surface area contributed by atoms with Gasteiger partial charge in [0.25, 0.3) is 5.91 Å². The molecule has 1 aliphatic carbocycles. The molecule has 1 amide bonds. The maximum atomic E-state index is 12.5. The summed E-state index contributed by atoms with van der Waals surface area (Å²) in [5.74, 6) is -0.101. The average Bonchev–Trinajstić information content (AvgIpc) is 2.40. The van der Waals surface area contributed by atoms with Crippen LogP contribution in [0.25, 0.3) is 0 Å². The van der Waals surface area contributed by atoms with Crippen LogP contribution in [0.2, 0.25) is 0 Å². The van der Waals surface area contributed by atoms with Crippen LogP contribution in [0.3, 0.4) is 0 Å². The Kier molecular flexibility index (Phi) is 4.70. The molecule has 0 aliphatic heterocycles. The average molecular weight is 273 g/mol. The number of carbonyl (C=O) groups excluding carboxylic acids is 1. The maximum Gasteiger partial charge on any atom is 0.272 e. The monoisotopic (exact) mass is 273 g/mol. The van der Waals surface area contributed by atoms with Gasteiger partial charge >= 0.3 is 0 Å². The molecular weight excluding hydrogens is 254 g/mol. The van der Waals surface area contributed by atoms with Gasteiger partial charge in [-0.15, -0.1) is 0 Å². The van der Waals surface area contributed by atoms with E-state index in [1.54, 1.807) is 19.1 Å². The van der Waals surface area contributed by atoms with Gasteiger partial charge in [-0.25, -0.2) is 4.98 Å². The van der Waals surface area contributed by atoms with Gasteiger partial charge in [0.2, 0.25) is 0 Å². The predicted molar refractivity (Wildman–Crippen MR) is 74.1 cm³/mol. The molecule has 0 unspecified atom stereocenters. The van der Waals surface area contributed by atoms with Crippen LogP contribution in [0, 0.1) is 18.3 Å². The molecule has 1 aromatic heterocycles. The van der Waals surface area contributed by atoms with Crippen LogP contribution in [0.15, 0.2) is 12.1 Å². The minimum Gasteiger partial charge on any atom is -0.396 e. The van der Waals surface area contributed by atoms with E-state index in [1.165, 1.54) is 0 Å². The third kappa shape index (κ3) is 2.97. The second-order valence-corrected chi connectivity index (χ2v) is 5.10. The largest absolute Gasteiger partial charge is 0.396 e. The van der Waals surface area contributed by atoms with Crippen LogP contribution in [0.1, 0.15) is 47.4 Å². The highest BCUT2D eigenvalue weighted by molar-refractivity contribution is 5.92. The second-order valence-electron chi connectivity index (χ2n) is 5.10. The fraction of sp³-hybridized carbons (Fsp3) is 0.533. The molecule has 1 aliphatic rings. The number of aromatic nitrogens is 1. The van der Waals surface area contributed by atoms with E-state index in [2.05, 4.69) is 4.98 Å². The van der Waals surface area contributed by atoms with E-state index in [-0.39, 0.29) is 18.6 Å². The van der Waals surface area contributed by atoms with Crippen molar-refractivity contribution in [3.8, 4) is 6.07 Å². The van der Waals surface area contributed by atoms with Crippen molar-refractivity contribution >= 4 is 5.91 Å². The van der Waals surface area contributed by atoms with Crippen molar-refractivity contribution < 1.29 is 9.90 Å². The molecule has 20 heavy (non-hydrogen) atoms. The zero-order valence-corrected chi connectivity index (χ0v) is 11.7. The number of nitrogens with zero attached hydrogens (tertiary/aromatic N) is 3. The third-order valence-corrected chi connectivity index (χ3v) is 3.76. The Morgan fingerprint density at radius 2 is 2.30 bits per heavy atom.